The lowest BCUT2D eigenvalue weighted by Crippen LogP contribution is -2.29. The van der Waals surface area contributed by atoms with E-state index in [0.717, 1.165) is 24.2 Å². The van der Waals surface area contributed by atoms with Gasteiger partial charge in [-0.2, -0.15) is 17.6 Å². The molecule has 1 heterocycles. The van der Waals surface area contributed by atoms with Crippen molar-refractivity contribution in [2.75, 3.05) is 19.0 Å². The van der Waals surface area contributed by atoms with Crippen molar-refractivity contribution < 1.29 is 14.3 Å². The maximum atomic E-state index is 11.0. The normalized spacial score (nSPS) is 26.2. The molecule has 0 fully saturated rings. The first-order valence-corrected chi connectivity index (χ1v) is 6.74. The van der Waals surface area contributed by atoms with E-state index in [1.807, 2.05) is 0 Å². The van der Waals surface area contributed by atoms with Gasteiger partial charge in [0.05, 0.1) is 5.71 Å². The number of halogens is 1. The highest BCUT2D eigenvalue weighted by Crippen LogP contribution is 2.29. The van der Waals surface area contributed by atoms with Crippen LogP contribution >= 0.6 is 24.2 Å². The lowest BCUT2D eigenvalue weighted by atomic mass is 10.0. The third-order valence-electron chi connectivity index (χ3n) is 2.61. The van der Waals surface area contributed by atoms with Gasteiger partial charge in [0, 0.05) is 12.2 Å². The second-order valence-corrected chi connectivity index (χ2v) is 5.07. The number of carbonyl (C=O) groups is 1. The highest BCUT2D eigenvalue weighted by Gasteiger charge is 2.30. The number of rotatable bonds is 5. The van der Waals surface area contributed by atoms with Crippen LogP contribution in [0.5, 0.6) is 0 Å². The number of unbranched alkanes of at least 4 members (excludes halogenated alkanes) is 1. The van der Waals surface area contributed by atoms with Gasteiger partial charge in [-0.15, -0.1) is 0 Å². The molecule has 0 spiro atoms. The van der Waals surface area contributed by atoms with E-state index < -0.39 is 11.2 Å². The maximum absolute atomic E-state index is 11.0. The van der Waals surface area contributed by atoms with Crippen molar-refractivity contribution in [3.8, 4) is 0 Å². The van der Waals surface area contributed by atoms with Gasteiger partial charge in [0.15, 0.2) is 5.06 Å². The van der Waals surface area contributed by atoms with Gasteiger partial charge in [0.25, 0.3) is 0 Å². The van der Waals surface area contributed by atoms with Gasteiger partial charge in [-0.1, -0.05) is 11.6 Å². The van der Waals surface area contributed by atoms with E-state index in [1.165, 1.54) is 0 Å². The summed E-state index contributed by atoms with van der Waals surface area (Å²) < 4.78 is 10.5. The second-order valence-electron chi connectivity index (χ2n) is 4.03. The van der Waals surface area contributed by atoms with E-state index in [4.69, 9.17) is 21.1 Å². The minimum Gasteiger partial charge on any atom is -0.443 e. The summed E-state index contributed by atoms with van der Waals surface area (Å²) in [7, 11) is 0. The first-order chi connectivity index (χ1) is 8.63. The van der Waals surface area contributed by atoms with E-state index in [2.05, 4.69) is 17.6 Å². The Morgan fingerprint density at radius 1 is 1.56 bits per heavy atom. The second kappa shape index (κ2) is 5.91. The van der Waals surface area contributed by atoms with Crippen LogP contribution in [0.2, 0.25) is 0 Å². The molecule has 6 heteroatoms. The van der Waals surface area contributed by atoms with Crippen LogP contribution in [0.4, 0.5) is 4.79 Å². The molecule has 4 nitrogen and oxygen atoms in total. The number of alkyl halides is 1. The van der Waals surface area contributed by atoms with Crippen molar-refractivity contribution in [3.05, 3.63) is 23.8 Å². The van der Waals surface area contributed by atoms with Gasteiger partial charge in [-0.05, 0) is 36.8 Å². The Labute approximate surface area is 116 Å². The molecule has 0 saturated carbocycles. The number of aliphatic imine (C=N–C) groups is 1. The van der Waals surface area contributed by atoms with Crippen molar-refractivity contribution >= 4 is 36.0 Å². The molecule has 0 bridgehead atoms. The summed E-state index contributed by atoms with van der Waals surface area (Å²) in [6.45, 7) is 0.751. The molecule has 0 aromatic carbocycles. The predicted octanol–water partition coefficient (Wildman–Crippen LogP) is 2.74. The molecule has 98 valence electrons. The number of hydrogen-bond acceptors (Lipinski definition) is 4. The third-order valence-corrected chi connectivity index (χ3v) is 3.27. The van der Waals surface area contributed by atoms with Crippen molar-refractivity contribution in [2.45, 2.75) is 17.9 Å². The average Bonchev–Trinajstić information content (AvgIpc) is 2.35. The average molecular weight is 288 g/mol. The van der Waals surface area contributed by atoms with Crippen LogP contribution in [0.3, 0.4) is 0 Å². The molecule has 0 aromatic heterocycles. The number of thiol groups is 1. The SMILES string of the molecule is O=C1N=C2C=CC(Cl)(OCCCCS)C=C2CO1. The molecule has 1 amide bonds. The van der Waals surface area contributed by atoms with Crippen LogP contribution in [0.25, 0.3) is 0 Å². The van der Waals surface area contributed by atoms with Gasteiger partial charge in [-0.25, -0.2) is 4.79 Å². The molecular weight excluding hydrogens is 274 g/mol. The van der Waals surface area contributed by atoms with Crippen LogP contribution in [0.15, 0.2) is 28.8 Å². The Bertz CT molecular complexity index is 433. The van der Waals surface area contributed by atoms with Crippen molar-refractivity contribution in [2.24, 2.45) is 4.99 Å². The predicted molar refractivity (Wildman–Crippen MR) is 73.6 cm³/mol. The Balaban J connectivity index is 2.00. The first kappa shape index (κ1) is 13.6. The van der Waals surface area contributed by atoms with E-state index in [0.29, 0.717) is 12.3 Å². The van der Waals surface area contributed by atoms with Crippen LogP contribution in [0.1, 0.15) is 12.8 Å². The monoisotopic (exact) mass is 287 g/mol. The van der Waals surface area contributed by atoms with Gasteiger partial charge < -0.3 is 9.47 Å². The number of hydrogen-bond donors (Lipinski definition) is 1. The zero-order valence-electron chi connectivity index (χ0n) is 9.76. The summed E-state index contributed by atoms with van der Waals surface area (Å²) >= 11 is 10.4. The minimum atomic E-state index is -0.964. The van der Waals surface area contributed by atoms with Crippen LogP contribution < -0.4 is 0 Å². The van der Waals surface area contributed by atoms with Crippen molar-refractivity contribution in [1.82, 2.24) is 0 Å². The number of cyclic esters (lactones) is 1. The zero-order chi connectivity index (χ0) is 13.0. The van der Waals surface area contributed by atoms with E-state index in [9.17, 15) is 4.79 Å². The summed E-state index contributed by atoms with van der Waals surface area (Å²) in [6, 6.07) is 0. The number of allylic oxidation sites excluding steroid dienone is 1. The summed E-state index contributed by atoms with van der Waals surface area (Å²) in [5.41, 5.74) is 1.38. The molecule has 0 radical (unpaired) electrons. The van der Waals surface area contributed by atoms with Crippen LogP contribution in [0, 0.1) is 0 Å². The fraction of sp³-hybridized carbons (Fsp3) is 0.500. The van der Waals surface area contributed by atoms with Gasteiger partial charge in [-0.3, -0.25) is 0 Å². The standard InChI is InChI=1S/C12H14ClNO3S/c13-12(17-5-1-2-6-18)4-3-10-9(7-12)8-16-11(15)14-10/h3-4,7,18H,1-2,5-6,8H2. The lowest BCUT2D eigenvalue weighted by Gasteiger charge is -2.26. The fourth-order valence-electron chi connectivity index (χ4n) is 1.69. The molecule has 1 atom stereocenters. The Kier molecular flexibility index (Phi) is 4.48. The number of fused-ring (bicyclic) bond motifs is 1. The molecule has 0 N–H and O–H groups in total. The summed E-state index contributed by atoms with van der Waals surface area (Å²) in [4.78, 5) is 14.7. The molecule has 2 aliphatic rings. The molecule has 1 unspecified atom stereocenters. The van der Waals surface area contributed by atoms with E-state index >= 15 is 0 Å². The largest absolute Gasteiger partial charge is 0.443 e. The minimum absolute atomic E-state index is 0.191. The first-order valence-electron chi connectivity index (χ1n) is 5.73. The fourth-order valence-corrected chi connectivity index (χ4v) is 2.18. The number of ether oxygens (including phenoxy) is 2. The summed E-state index contributed by atoms with van der Waals surface area (Å²) in [5, 5.41) is -0.964. The highest BCUT2D eigenvalue weighted by atomic mass is 35.5. The van der Waals surface area contributed by atoms with Gasteiger partial charge in [0.2, 0.25) is 0 Å². The third kappa shape index (κ3) is 3.37. The summed E-state index contributed by atoms with van der Waals surface area (Å²) in [5.74, 6) is 0.836. The maximum Gasteiger partial charge on any atom is 0.434 e. The Hall–Kier alpha value is -0.780. The van der Waals surface area contributed by atoms with Gasteiger partial charge in [0.1, 0.15) is 6.61 Å². The summed E-state index contributed by atoms with van der Waals surface area (Å²) in [6.07, 6.45) is 6.45. The smallest absolute Gasteiger partial charge is 0.434 e. The quantitative estimate of drug-likeness (QED) is 0.480. The number of carbonyl (C=O) groups excluding carboxylic acids is 1. The van der Waals surface area contributed by atoms with Crippen molar-refractivity contribution in [1.29, 1.82) is 0 Å². The molecule has 1 aliphatic carbocycles. The van der Waals surface area contributed by atoms with E-state index in [-0.39, 0.29) is 6.61 Å². The van der Waals surface area contributed by atoms with Gasteiger partial charge >= 0.3 is 6.09 Å². The molecule has 0 aromatic rings. The highest BCUT2D eigenvalue weighted by molar-refractivity contribution is 7.80. The Morgan fingerprint density at radius 2 is 2.39 bits per heavy atom. The molecule has 2 rings (SSSR count). The molecule has 0 saturated heterocycles. The molecule has 18 heavy (non-hydrogen) atoms. The lowest BCUT2D eigenvalue weighted by molar-refractivity contribution is 0.0825. The van der Waals surface area contributed by atoms with E-state index in [1.54, 1.807) is 18.2 Å². The van der Waals surface area contributed by atoms with Crippen LogP contribution in [-0.2, 0) is 9.47 Å². The molecular formula is C12H14ClNO3S. The Morgan fingerprint density at radius 3 is 3.17 bits per heavy atom. The zero-order valence-corrected chi connectivity index (χ0v) is 11.4. The van der Waals surface area contributed by atoms with Crippen molar-refractivity contribution in [3.63, 3.8) is 0 Å². The number of nitrogens with zero attached hydrogens (tertiary/aromatic N) is 1. The number of amides is 1. The van der Waals surface area contributed by atoms with Crippen LogP contribution in [-0.4, -0.2) is 35.8 Å². The molecule has 1 aliphatic heterocycles. The topological polar surface area (TPSA) is 47.9 Å².